The first kappa shape index (κ1) is 13.8. The zero-order valence-electron chi connectivity index (χ0n) is 11.5. The summed E-state index contributed by atoms with van der Waals surface area (Å²) in [6, 6.07) is 14.4. The van der Waals surface area contributed by atoms with Gasteiger partial charge in [-0.3, -0.25) is 4.79 Å². The highest BCUT2D eigenvalue weighted by atomic mass is 16.2. The third kappa shape index (κ3) is 3.01. The maximum atomic E-state index is 12.2. The first-order chi connectivity index (χ1) is 9.61. The number of hydrogen-bond acceptors (Lipinski definition) is 2. The van der Waals surface area contributed by atoms with Crippen LogP contribution in [0, 0.1) is 18.3 Å². The van der Waals surface area contributed by atoms with Crippen LogP contribution >= 0.6 is 0 Å². The monoisotopic (exact) mass is 266 g/mol. The Morgan fingerprint density at radius 1 is 1.25 bits per heavy atom. The molecule has 0 unspecified atom stereocenters. The summed E-state index contributed by atoms with van der Waals surface area (Å²) in [6.07, 6.45) is 1.89. The van der Waals surface area contributed by atoms with Gasteiger partial charge in [0.1, 0.15) is 0 Å². The number of pyridine rings is 1. The normalized spacial score (nSPS) is 11.4. The molecule has 2 rings (SSSR count). The van der Waals surface area contributed by atoms with Crippen molar-refractivity contribution in [3.05, 3.63) is 59.9 Å². The number of carbonyl (C=O) groups is 1. The summed E-state index contributed by atoms with van der Waals surface area (Å²) in [7, 11) is 0. The van der Waals surface area contributed by atoms with E-state index < -0.39 is 0 Å². The number of rotatable bonds is 3. The lowest BCUT2D eigenvalue weighted by molar-refractivity contribution is -0.711. The molecule has 1 aromatic carbocycles. The number of amides is 1. The summed E-state index contributed by atoms with van der Waals surface area (Å²) in [5.41, 5.74) is 2.29. The average Bonchev–Trinajstić information content (AvgIpc) is 2.48. The summed E-state index contributed by atoms with van der Waals surface area (Å²) in [5, 5.41) is 11.6. The topological polar surface area (TPSA) is 56.8 Å². The second-order valence-corrected chi connectivity index (χ2v) is 4.60. The van der Waals surface area contributed by atoms with Crippen LogP contribution in [0.3, 0.4) is 0 Å². The highest BCUT2D eigenvalue weighted by Crippen LogP contribution is 2.10. The molecule has 0 bridgehead atoms. The standard InChI is InChI=1S/C16H15N3O/c1-12-5-3-4-10-19(12)13(2)16(20)18-15-8-6-14(11-17)7-9-15/h3-10,13H,1-2H3/p+1/t13-/m1/s1. The van der Waals surface area contributed by atoms with Crippen LogP contribution in [0.5, 0.6) is 0 Å². The zero-order valence-corrected chi connectivity index (χ0v) is 11.5. The minimum Gasteiger partial charge on any atom is -0.320 e. The van der Waals surface area contributed by atoms with Crippen LogP contribution in [-0.2, 0) is 4.79 Å². The van der Waals surface area contributed by atoms with Gasteiger partial charge >= 0.3 is 0 Å². The third-order valence-corrected chi connectivity index (χ3v) is 3.18. The third-order valence-electron chi connectivity index (χ3n) is 3.18. The van der Waals surface area contributed by atoms with Gasteiger partial charge in [0.25, 0.3) is 5.91 Å². The van der Waals surface area contributed by atoms with E-state index >= 15 is 0 Å². The van der Waals surface area contributed by atoms with Gasteiger partial charge in [0.2, 0.25) is 6.04 Å². The number of carbonyl (C=O) groups excluding carboxylic acids is 1. The van der Waals surface area contributed by atoms with E-state index in [9.17, 15) is 4.79 Å². The Morgan fingerprint density at radius 2 is 1.95 bits per heavy atom. The maximum absolute atomic E-state index is 12.2. The van der Waals surface area contributed by atoms with Crippen LogP contribution < -0.4 is 9.88 Å². The maximum Gasteiger partial charge on any atom is 0.293 e. The highest BCUT2D eigenvalue weighted by molar-refractivity contribution is 5.92. The molecule has 0 aliphatic rings. The van der Waals surface area contributed by atoms with Crippen LogP contribution in [-0.4, -0.2) is 5.91 Å². The van der Waals surface area contributed by atoms with Crippen LogP contribution in [0.2, 0.25) is 0 Å². The lowest BCUT2D eigenvalue weighted by atomic mass is 10.2. The van der Waals surface area contributed by atoms with Gasteiger partial charge in [-0.1, -0.05) is 6.07 Å². The van der Waals surface area contributed by atoms with Gasteiger partial charge in [0, 0.05) is 31.7 Å². The second kappa shape index (κ2) is 5.98. The summed E-state index contributed by atoms with van der Waals surface area (Å²) >= 11 is 0. The van der Waals surface area contributed by atoms with E-state index in [0.29, 0.717) is 11.3 Å². The molecule has 0 saturated heterocycles. The minimum absolute atomic E-state index is 0.0889. The summed E-state index contributed by atoms with van der Waals surface area (Å²) in [6.45, 7) is 3.82. The smallest absolute Gasteiger partial charge is 0.293 e. The van der Waals surface area contributed by atoms with Crippen molar-refractivity contribution in [2.75, 3.05) is 5.32 Å². The first-order valence-electron chi connectivity index (χ1n) is 6.39. The molecule has 1 atom stereocenters. The molecule has 0 spiro atoms. The molecule has 1 aromatic heterocycles. The Hall–Kier alpha value is -2.67. The number of aryl methyl sites for hydroxylation is 1. The molecule has 0 aliphatic heterocycles. The van der Waals surface area contributed by atoms with Gasteiger partial charge in [-0.05, 0) is 24.3 Å². The Labute approximate surface area is 118 Å². The molecule has 0 radical (unpaired) electrons. The van der Waals surface area contributed by atoms with Crippen LogP contribution in [0.4, 0.5) is 5.69 Å². The molecule has 20 heavy (non-hydrogen) atoms. The Balaban J connectivity index is 2.12. The van der Waals surface area contributed by atoms with Crippen molar-refractivity contribution in [3.63, 3.8) is 0 Å². The van der Waals surface area contributed by atoms with E-state index in [1.165, 1.54) is 0 Å². The van der Waals surface area contributed by atoms with Crippen molar-refractivity contribution in [2.24, 2.45) is 0 Å². The quantitative estimate of drug-likeness (QED) is 0.867. The number of nitrogens with one attached hydrogen (secondary N) is 1. The Kier molecular flexibility index (Phi) is 4.11. The molecule has 4 nitrogen and oxygen atoms in total. The number of nitriles is 1. The van der Waals surface area contributed by atoms with Gasteiger partial charge < -0.3 is 5.32 Å². The summed E-state index contributed by atoms with van der Waals surface area (Å²) < 4.78 is 1.92. The zero-order chi connectivity index (χ0) is 14.5. The van der Waals surface area contributed by atoms with E-state index in [1.54, 1.807) is 24.3 Å². The SMILES string of the molecule is Cc1cccc[n+]1[C@H](C)C(=O)Nc1ccc(C#N)cc1. The van der Waals surface area contributed by atoms with Gasteiger partial charge in [0.05, 0.1) is 11.6 Å². The predicted molar refractivity (Wildman–Crippen MR) is 75.9 cm³/mol. The molecule has 0 fully saturated rings. The lowest BCUT2D eigenvalue weighted by Crippen LogP contribution is -2.46. The van der Waals surface area contributed by atoms with Gasteiger partial charge in [-0.25, -0.2) is 0 Å². The van der Waals surface area contributed by atoms with E-state index in [1.807, 2.05) is 48.9 Å². The van der Waals surface area contributed by atoms with Gasteiger partial charge in [-0.2, -0.15) is 9.83 Å². The highest BCUT2D eigenvalue weighted by Gasteiger charge is 2.23. The van der Waals surface area contributed by atoms with Gasteiger partial charge in [-0.15, -0.1) is 0 Å². The fourth-order valence-electron chi connectivity index (χ4n) is 1.98. The summed E-state index contributed by atoms with van der Waals surface area (Å²) in [4.78, 5) is 12.2. The van der Waals surface area contributed by atoms with Crippen molar-refractivity contribution >= 4 is 11.6 Å². The van der Waals surface area contributed by atoms with Gasteiger partial charge in [0.15, 0.2) is 11.9 Å². The van der Waals surface area contributed by atoms with E-state index in [2.05, 4.69) is 5.32 Å². The van der Waals surface area contributed by atoms with Crippen molar-refractivity contribution in [3.8, 4) is 6.07 Å². The first-order valence-corrected chi connectivity index (χ1v) is 6.39. The largest absolute Gasteiger partial charge is 0.320 e. The number of nitrogens with zero attached hydrogens (tertiary/aromatic N) is 2. The van der Waals surface area contributed by atoms with Crippen molar-refractivity contribution in [1.29, 1.82) is 5.26 Å². The van der Waals surface area contributed by atoms with Crippen LogP contribution in [0.1, 0.15) is 24.2 Å². The molecule has 4 heteroatoms. The Morgan fingerprint density at radius 3 is 2.55 bits per heavy atom. The number of aromatic nitrogens is 1. The lowest BCUT2D eigenvalue weighted by Gasteiger charge is -2.10. The fraction of sp³-hybridized carbons (Fsp3) is 0.188. The molecule has 1 N–H and O–H groups in total. The second-order valence-electron chi connectivity index (χ2n) is 4.60. The number of anilines is 1. The molecule has 1 amide bonds. The number of hydrogen-bond donors (Lipinski definition) is 1. The van der Waals surface area contributed by atoms with E-state index in [0.717, 1.165) is 5.69 Å². The van der Waals surface area contributed by atoms with Crippen molar-refractivity contribution in [2.45, 2.75) is 19.9 Å². The predicted octanol–water partition coefficient (Wildman–Crippen LogP) is 2.35. The molecule has 0 aliphatic carbocycles. The average molecular weight is 266 g/mol. The number of benzene rings is 1. The Bertz CT molecular complexity index is 656. The minimum atomic E-state index is -0.299. The summed E-state index contributed by atoms with van der Waals surface area (Å²) in [5.74, 6) is -0.0889. The molecular weight excluding hydrogens is 250 g/mol. The fourth-order valence-corrected chi connectivity index (χ4v) is 1.98. The van der Waals surface area contributed by atoms with E-state index in [4.69, 9.17) is 5.26 Å². The molecule has 1 heterocycles. The molecule has 100 valence electrons. The molecule has 2 aromatic rings. The molecule has 0 saturated carbocycles. The van der Waals surface area contributed by atoms with E-state index in [-0.39, 0.29) is 11.9 Å². The van der Waals surface area contributed by atoms with Crippen LogP contribution in [0.15, 0.2) is 48.7 Å². The van der Waals surface area contributed by atoms with Crippen molar-refractivity contribution < 1.29 is 9.36 Å². The molecular formula is C16H16N3O+. The van der Waals surface area contributed by atoms with Crippen molar-refractivity contribution in [1.82, 2.24) is 0 Å². The van der Waals surface area contributed by atoms with Crippen LogP contribution in [0.25, 0.3) is 0 Å².